The summed E-state index contributed by atoms with van der Waals surface area (Å²) < 4.78 is 25.4. The van der Waals surface area contributed by atoms with E-state index in [2.05, 4.69) is 0 Å². The van der Waals surface area contributed by atoms with Crippen molar-refractivity contribution in [1.82, 2.24) is 0 Å². The van der Waals surface area contributed by atoms with Crippen molar-refractivity contribution in [3.63, 3.8) is 0 Å². The van der Waals surface area contributed by atoms with Crippen molar-refractivity contribution >= 4 is 5.97 Å². The molecule has 0 aliphatic rings. The Morgan fingerprint density at radius 3 is 2.71 bits per heavy atom. The zero-order valence-electron chi connectivity index (χ0n) is 7.21. The van der Waals surface area contributed by atoms with Gasteiger partial charge in [0.25, 0.3) is 0 Å². The monoisotopic (exact) mass is 198 g/mol. The predicted molar refractivity (Wildman–Crippen MR) is 46.8 cm³/mol. The average molecular weight is 198 g/mol. The Bertz CT molecular complexity index is 372. The Kier molecular flexibility index (Phi) is 3.34. The summed E-state index contributed by atoms with van der Waals surface area (Å²) in [4.78, 5) is 10.1. The van der Waals surface area contributed by atoms with Crippen molar-refractivity contribution in [1.29, 1.82) is 0 Å². The number of carbonyl (C=O) groups is 1. The van der Waals surface area contributed by atoms with Crippen LogP contribution < -0.4 is 0 Å². The van der Waals surface area contributed by atoms with E-state index in [1.54, 1.807) is 0 Å². The van der Waals surface area contributed by atoms with E-state index in [1.807, 2.05) is 0 Å². The van der Waals surface area contributed by atoms with Crippen LogP contribution in [0.25, 0.3) is 0 Å². The van der Waals surface area contributed by atoms with Crippen LogP contribution in [0, 0.1) is 11.6 Å². The summed E-state index contributed by atoms with van der Waals surface area (Å²) >= 11 is 0. The molecule has 4 heteroatoms. The van der Waals surface area contributed by atoms with Crippen molar-refractivity contribution in [2.75, 3.05) is 0 Å². The number of benzene rings is 1. The molecule has 0 aliphatic carbocycles. The molecule has 0 atom stereocenters. The number of aliphatic carboxylic acids is 1. The summed E-state index contributed by atoms with van der Waals surface area (Å²) in [7, 11) is 0. The summed E-state index contributed by atoms with van der Waals surface area (Å²) in [6.45, 7) is 0. The molecule has 0 saturated heterocycles. The molecule has 0 unspecified atom stereocenters. The molecule has 0 aromatic heterocycles. The molecule has 0 bridgehead atoms. The first-order chi connectivity index (χ1) is 6.59. The number of carboxylic acid groups (broad SMARTS) is 1. The van der Waals surface area contributed by atoms with E-state index in [4.69, 9.17) is 5.11 Å². The maximum absolute atomic E-state index is 13.0. The van der Waals surface area contributed by atoms with E-state index >= 15 is 0 Å². The lowest BCUT2D eigenvalue weighted by Crippen LogP contribution is -1.91. The molecular weight excluding hydrogens is 190 g/mol. The van der Waals surface area contributed by atoms with E-state index in [1.165, 1.54) is 12.1 Å². The zero-order valence-corrected chi connectivity index (χ0v) is 7.21. The molecule has 0 amide bonds. The molecule has 0 radical (unpaired) electrons. The lowest BCUT2D eigenvalue weighted by atomic mass is 10.1. The molecule has 0 saturated carbocycles. The van der Waals surface area contributed by atoms with Crippen molar-refractivity contribution in [2.45, 2.75) is 6.42 Å². The largest absolute Gasteiger partial charge is 0.478 e. The van der Waals surface area contributed by atoms with Crippen LogP contribution in [-0.4, -0.2) is 11.1 Å². The molecule has 0 fully saturated rings. The maximum atomic E-state index is 13.0. The molecule has 1 aromatic rings. The van der Waals surface area contributed by atoms with Gasteiger partial charge in [-0.15, -0.1) is 0 Å². The SMILES string of the molecule is O=C(O)/C=C/Cc1ccc(F)cc1F. The third-order valence-electron chi connectivity index (χ3n) is 1.61. The van der Waals surface area contributed by atoms with Crippen LogP contribution in [0.3, 0.4) is 0 Å². The van der Waals surface area contributed by atoms with Crippen molar-refractivity contribution < 1.29 is 18.7 Å². The van der Waals surface area contributed by atoms with E-state index < -0.39 is 17.6 Å². The summed E-state index contributed by atoms with van der Waals surface area (Å²) in [5.74, 6) is -2.40. The second-order valence-corrected chi connectivity index (χ2v) is 2.68. The summed E-state index contributed by atoms with van der Waals surface area (Å²) in [5, 5.41) is 8.26. The smallest absolute Gasteiger partial charge is 0.327 e. The van der Waals surface area contributed by atoms with Gasteiger partial charge in [0.05, 0.1) is 0 Å². The number of halogens is 2. The van der Waals surface area contributed by atoms with Gasteiger partial charge in [0, 0.05) is 12.1 Å². The Morgan fingerprint density at radius 1 is 1.43 bits per heavy atom. The first-order valence-electron chi connectivity index (χ1n) is 3.93. The van der Waals surface area contributed by atoms with E-state index in [0.29, 0.717) is 0 Å². The Labute approximate surface area is 79.5 Å². The third kappa shape index (κ3) is 2.97. The number of carboxylic acids is 1. The van der Waals surface area contributed by atoms with Gasteiger partial charge in [-0.3, -0.25) is 0 Å². The molecule has 1 aromatic carbocycles. The average Bonchev–Trinajstić information content (AvgIpc) is 2.08. The van der Waals surface area contributed by atoms with Gasteiger partial charge in [0.1, 0.15) is 11.6 Å². The Balaban J connectivity index is 2.73. The van der Waals surface area contributed by atoms with Gasteiger partial charge in [-0.2, -0.15) is 0 Å². The fraction of sp³-hybridized carbons (Fsp3) is 0.100. The number of allylic oxidation sites excluding steroid dienone is 1. The van der Waals surface area contributed by atoms with Crippen LogP contribution >= 0.6 is 0 Å². The van der Waals surface area contributed by atoms with E-state index in [0.717, 1.165) is 18.2 Å². The molecule has 0 spiro atoms. The second kappa shape index (κ2) is 4.50. The highest BCUT2D eigenvalue weighted by molar-refractivity contribution is 5.79. The Hall–Kier alpha value is -1.71. The first-order valence-corrected chi connectivity index (χ1v) is 3.93. The second-order valence-electron chi connectivity index (χ2n) is 2.68. The minimum absolute atomic E-state index is 0.137. The van der Waals surface area contributed by atoms with Crippen LogP contribution in [0.1, 0.15) is 5.56 Å². The van der Waals surface area contributed by atoms with Crippen molar-refractivity contribution in [3.05, 3.63) is 47.5 Å². The normalized spacial score (nSPS) is 10.7. The van der Waals surface area contributed by atoms with Gasteiger partial charge in [-0.1, -0.05) is 12.1 Å². The molecule has 74 valence electrons. The zero-order chi connectivity index (χ0) is 10.6. The summed E-state index contributed by atoms with van der Waals surface area (Å²) in [6, 6.07) is 3.19. The van der Waals surface area contributed by atoms with E-state index in [-0.39, 0.29) is 12.0 Å². The highest BCUT2D eigenvalue weighted by Gasteiger charge is 2.01. The molecule has 14 heavy (non-hydrogen) atoms. The molecule has 1 N–H and O–H groups in total. The van der Waals surface area contributed by atoms with Crippen LogP contribution in [-0.2, 0) is 11.2 Å². The number of hydrogen-bond donors (Lipinski definition) is 1. The fourth-order valence-electron chi connectivity index (χ4n) is 0.974. The lowest BCUT2D eigenvalue weighted by molar-refractivity contribution is -0.131. The summed E-state index contributed by atoms with van der Waals surface area (Å²) in [6.07, 6.45) is 2.36. The fourth-order valence-corrected chi connectivity index (χ4v) is 0.974. The summed E-state index contributed by atoms with van der Waals surface area (Å²) in [5.41, 5.74) is 0.268. The molecule has 0 heterocycles. The third-order valence-corrected chi connectivity index (χ3v) is 1.61. The number of hydrogen-bond acceptors (Lipinski definition) is 1. The van der Waals surface area contributed by atoms with Crippen LogP contribution in [0.4, 0.5) is 8.78 Å². The van der Waals surface area contributed by atoms with Gasteiger partial charge in [0.2, 0.25) is 0 Å². The Morgan fingerprint density at radius 2 is 2.14 bits per heavy atom. The minimum Gasteiger partial charge on any atom is -0.478 e. The minimum atomic E-state index is -1.09. The van der Waals surface area contributed by atoms with Crippen LogP contribution in [0.2, 0.25) is 0 Å². The molecule has 0 aliphatic heterocycles. The van der Waals surface area contributed by atoms with Crippen molar-refractivity contribution in [3.8, 4) is 0 Å². The molecular formula is C10H8F2O2. The standard InChI is InChI=1S/C10H8F2O2/c11-8-5-4-7(9(12)6-8)2-1-3-10(13)14/h1,3-6H,2H2,(H,13,14)/b3-1+. The van der Waals surface area contributed by atoms with E-state index in [9.17, 15) is 13.6 Å². The van der Waals surface area contributed by atoms with Gasteiger partial charge in [0.15, 0.2) is 0 Å². The van der Waals surface area contributed by atoms with Crippen LogP contribution in [0.15, 0.2) is 30.4 Å². The quantitative estimate of drug-likeness (QED) is 0.755. The van der Waals surface area contributed by atoms with Gasteiger partial charge in [-0.05, 0) is 18.1 Å². The topological polar surface area (TPSA) is 37.3 Å². The molecule has 2 nitrogen and oxygen atoms in total. The lowest BCUT2D eigenvalue weighted by Gasteiger charge is -1.98. The maximum Gasteiger partial charge on any atom is 0.327 e. The van der Waals surface area contributed by atoms with Gasteiger partial charge >= 0.3 is 5.97 Å². The van der Waals surface area contributed by atoms with Gasteiger partial charge in [-0.25, -0.2) is 13.6 Å². The van der Waals surface area contributed by atoms with Crippen molar-refractivity contribution in [2.24, 2.45) is 0 Å². The highest BCUT2D eigenvalue weighted by Crippen LogP contribution is 2.10. The highest BCUT2D eigenvalue weighted by atomic mass is 19.1. The predicted octanol–water partition coefficient (Wildman–Crippen LogP) is 2.15. The van der Waals surface area contributed by atoms with Crippen LogP contribution in [0.5, 0.6) is 0 Å². The molecule has 1 rings (SSSR count). The first kappa shape index (κ1) is 10.4. The van der Waals surface area contributed by atoms with Gasteiger partial charge < -0.3 is 5.11 Å². The number of rotatable bonds is 3.